The Bertz CT molecular complexity index is 880. The molecule has 1 aromatic heterocycles. The summed E-state index contributed by atoms with van der Waals surface area (Å²) in [4.78, 5) is 4.07. The van der Waals surface area contributed by atoms with Crippen molar-refractivity contribution in [3.63, 3.8) is 0 Å². The summed E-state index contributed by atoms with van der Waals surface area (Å²) < 4.78 is 29.6. The zero-order chi connectivity index (χ0) is 18.4. The number of sulfonamides is 1. The normalized spacial score (nSPS) is 30.1. The molecular formula is C19H25N3O3S. The highest BCUT2D eigenvalue weighted by Crippen LogP contribution is 2.48. The van der Waals surface area contributed by atoms with E-state index in [1.54, 1.807) is 22.1 Å². The Morgan fingerprint density at radius 3 is 2.62 bits per heavy atom. The molecule has 1 N–H and O–H groups in total. The molecule has 1 aliphatic heterocycles. The summed E-state index contributed by atoms with van der Waals surface area (Å²) in [5.74, 6) is -0.0918. The first-order valence-electron chi connectivity index (χ1n) is 9.20. The van der Waals surface area contributed by atoms with Gasteiger partial charge in [-0.2, -0.15) is 4.31 Å². The second kappa shape index (κ2) is 6.48. The highest BCUT2D eigenvalue weighted by molar-refractivity contribution is 7.89. The van der Waals surface area contributed by atoms with Gasteiger partial charge in [-0.3, -0.25) is 0 Å². The molecule has 7 heteroatoms. The molecule has 2 fully saturated rings. The topological polar surface area (TPSA) is 75.4 Å². The molecule has 1 aliphatic carbocycles. The van der Waals surface area contributed by atoms with E-state index in [4.69, 9.17) is 0 Å². The van der Waals surface area contributed by atoms with Crippen LogP contribution in [0.4, 0.5) is 0 Å². The summed E-state index contributed by atoms with van der Waals surface area (Å²) >= 11 is 0. The maximum absolute atomic E-state index is 13.2. The van der Waals surface area contributed by atoms with Gasteiger partial charge in [0.2, 0.25) is 0 Å². The summed E-state index contributed by atoms with van der Waals surface area (Å²) in [6.45, 7) is 0.311. The predicted octanol–water partition coefficient (Wildman–Crippen LogP) is 2.26. The van der Waals surface area contributed by atoms with E-state index in [1.807, 2.05) is 30.3 Å². The Morgan fingerprint density at radius 2 is 1.92 bits per heavy atom. The van der Waals surface area contributed by atoms with E-state index in [9.17, 15) is 13.5 Å². The number of aryl methyl sites for hydroxylation is 1. The molecule has 1 aromatic carbocycles. The molecule has 0 amide bonds. The standard InChI is InChI=1S/C19H25N3O3S/c1-21-13-18(20-14-21)26(24,25)22-12-11-19(23,15-7-3-2-4-8-15)16-9-5-6-10-17(16)22/h2-4,7-8,13-14,16-17,23H,5-6,9-12H2,1H3/t16-,17+,19?/m0/s1. The van der Waals surface area contributed by atoms with Gasteiger partial charge in [-0.05, 0) is 24.8 Å². The summed E-state index contributed by atoms with van der Waals surface area (Å²) in [6.07, 6.45) is 7.09. The van der Waals surface area contributed by atoms with Crippen molar-refractivity contribution in [3.05, 3.63) is 48.4 Å². The molecule has 4 rings (SSSR count). The third kappa shape index (κ3) is 2.78. The average molecular weight is 375 g/mol. The van der Waals surface area contributed by atoms with Crippen LogP contribution in [-0.2, 0) is 22.7 Å². The van der Waals surface area contributed by atoms with Crippen molar-refractivity contribution in [1.82, 2.24) is 13.9 Å². The van der Waals surface area contributed by atoms with E-state index in [2.05, 4.69) is 4.98 Å². The van der Waals surface area contributed by atoms with Crippen LogP contribution < -0.4 is 0 Å². The number of aliphatic hydroxyl groups is 1. The van der Waals surface area contributed by atoms with Crippen LogP contribution in [0.5, 0.6) is 0 Å². The van der Waals surface area contributed by atoms with Gasteiger partial charge >= 0.3 is 0 Å². The number of aromatic nitrogens is 2. The van der Waals surface area contributed by atoms with Gasteiger partial charge < -0.3 is 9.67 Å². The maximum atomic E-state index is 13.2. The minimum absolute atomic E-state index is 0.0918. The van der Waals surface area contributed by atoms with Crippen molar-refractivity contribution < 1.29 is 13.5 Å². The third-order valence-electron chi connectivity index (χ3n) is 5.95. The minimum atomic E-state index is -3.65. The Kier molecular flexibility index (Phi) is 4.41. The lowest BCUT2D eigenvalue weighted by Crippen LogP contribution is -2.58. The Hall–Kier alpha value is -1.70. The van der Waals surface area contributed by atoms with Gasteiger partial charge in [-0.15, -0.1) is 0 Å². The number of piperidine rings is 1. The number of rotatable bonds is 3. The summed E-state index contributed by atoms with van der Waals surface area (Å²) in [6, 6.07) is 9.52. The molecular weight excluding hydrogens is 350 g/mol. The number of hydrogen-bond acceptors (Lipinski definition) is 4. The van der Waals surface area contributed by atoms with Crippen molar-refractivity contribution in [2.24, 2.45) is 13.0 Å². The molecule has 2 aromatic rings. The molecule has 1 saturated carbocycles. The molecule has 0 spiro atoms. The fourth-order valence-electron chi connectivity index (χ4n) is 4.67. The van der Waals surface area contributed by atoms with Gasteiger partial charge in [0.25, 0.3) is 10.0 Å². The van der Waals surface area contributed by atoms with Gasteiger partial charge in [-0.1, -0.05) is 43.2 Å². The quantitative estimate of drug-likeness (QED) is 0.893. The lowest BCUT2D eigenvalue weighted by atomic mass is 9.67. The summed E-state index contributed by atoms with van der Waals surface area (Å²) in [5, 5.41) is 11.6. The molecule has 2 heterocycles. The number of nitrogens with zero attached hydrogens (tertiary/aromatic N) is 3. The molecule has 140 valence electrons. The molecule has 0 radical (unpaired) electrons. The third-order valence-corrected chi connectivity index (χ3v) is 7.76. The average Bonchev–Trinajstić information content (AvgIpc) is 3.10. The van der Waals surface area contributed by atoms with Crippen LogP contribution in [0.25, 0.3) is 0 Å². The number of benzene rings is 1. The van der Waals surface area contributed by atoms with Crippen LogP contribution in [0.3, 0.4) is 0 Å². The molecule has 1 saturated heterocycles. The highest BCUT2D eigenvalue weighted by Gasteiger charge is 2.52. The summed E-state index contributed by atoms with van der Waals surface area (Å²) in [7, 11) is -1.89. The molecule has 3 atom stereocenters. The summed E-state index contributed by atoms with van der Waals surface area (Å²) in [5.41, 5.74) is -0.0746. The first-order valence-corrected chi connectivity index (χ1v) is 10.6. The van der Waals surface area contributed by atoms with Crippen LogP contribution in [-0.4, -0.2) is 40.0 Å². The van der Waals surface area contributed by atoms with Crippen molar-refractivity contribution in [2.45, 2.75) is 48.8 Å². The van der Waals surface area contributed by atoms with E-state index < -0.39 is 15.6 Å². The van der Waals surface area contributed by atoms with E-state index in [1.165, 1.54) is 6.33 Å². The zero-order valence-electron chi connectivity index (χ0n) is 15.0. The first kappa shape index (κ1) is 17.7. The van der Waals surface area contributed by atoms with E-state index in [0.717, 1.165) is 31.2 Å². The van der Waals surface area contributed by atoms with Gasteiger partial charge in [0.1, 0.15) is 0 Å². The monoisotopic (exact) mass is 375 g/mol. The van der Waals surface area contributed by atoms with Crippen molar-refractivity contribution in [3.8, 4) is 0 Å². The largest absolute Gasteiger partial charge is 0.385 e. The second-order valence-corrected chi connectivity index (χ2v) is 9.33. The Labute approximate surface area is 154 Å². The fraction of sp³-hybridized carbons (Fsp3) is 0.526. The fourth-order valence-corrected chi connectivity index (χ4v) is 6.33. The number of hydrogen-bond donors (Lipinski definition) is 1. The van der Waals surface area contributed by atoms with Crippen LogP contribution in [0.15, 0.2) is 47.9 Å². The lowest BCUT2D eigenvalue weighted by Gasteiger charge is -2.51. The Balaban J connectivity index is 1.71. The van der Waals surface area contributed by atoms with Gasteiger partial charge in [0.05, 0.1) is 11.9 Å². The van der Waals surface area contributed by atoms with Gasteiger partial charge in [0.15, 0.2) is 5.03 Å². The molecule has 26 heavy (non-hydrogen) atoms. The van der Waals surface area contributed by atoms with Crippen molar-refractivity contribution >= 4 is 10.0 Å². The smallest absolute Gasteiger partial charge is 0.262 e. The zero-order valence-corrected chi connectivity index (χ0v) is 15.8. The van der Waals surface area contributed by atoms with E-state index in [-0.39, 0.29) is 17.0 Å². The minimum Gasteiger partial charge on any atom is -0.385 e. The molecule has 0 bridgehead atoms. The lowest BCUT2D eigenvalue weighted by molar-refractivity contribution is -0.100. The van der Waals surface area contributed by atoms with E-state index >= 15 is 0 Å². The molecule has 1 unspecified atom stereocenters. The first-order chi connectivity index (χ1) is 12.4. The number of imidazole rings is 1. The van der Waals surface area contributed by atoms with Crippen LogP contribution in [0.2, 0.25) is 0 Å². The van der Waals surface area contributed by atoms with E-state index in [0.29, 0.717) is 13.0 Å². The molecule has 2 aliphatic rings. The maximum Gasteiger partial charge on any atom is 0.262 e. The van der Waals surface area contributed by atoms with Crippen LogP contribution >= 0.6 is 0 Å². The highest BCUT2D eigenvalue weighted by atomic mass is 32.2. The molecule has 6 nitrogen and oxygen atoms in total. The van der Waals surface area contributed by atoms with Crippen molar-refractivity contribution in [2.75, 3.05) is 6.54 Å². The van der Waals surface area contributed by atoms with Crippen LogP contribution in [0.1, 0.15) is 37.7 Å². The van der Waals surface area contributed by atoms with Gasteiger partial charge in [-0.25, -0.2) is 13.4 Å². The second-order valence-electron chi connectivity index (χ2n) is 7.49. The van der Waals surface area contributed by atoms with Crippen LogP contribution in [0, 0.1) is 5.92 Å². The number of fused-ring (bicyclic) bond motifs is 1. The predicted molar refractivity (Wildman–Crippen MR) is 97.8 cm³/mol. The van der Waals surface area contributed by atoms with Crippen molar-refractivity contribution in [1.29, 1.82) is 0 Å². The van der Waals surface area contributed by atoms with Gasteiger partial charge in [0, 0.05) is 31.7 Å². The Morgan fingerprint density at radius 1 is 1.19 bits per heavy atom. The SMILES string of the molecule is Cn1cnc(S(=O)(=O)N2CCC(O)(c3ccccc3)[C@H]3CCCC[C@H]32)c1.